The number of hydroxylamine groups is 1. The number of oxime groups is 1. The van der Waals surface area contributed by atoms with Crippen molar-refractivity contribution in [2.75, 3.05) is 39.9 Å². The molecule has 0 radical (unpaired) electrons. The van der Waals surface area contributed by atoms with Crippen molar-refractivity contribution in [1.82, 2.24) is 4.90 Å². The first-order chi connectivity index (χ1) is 10.3. The van der Waals surface area contributed by atoms with Crippen LogP contribution in [0, 0.1) is 0 Å². The monoisotopic (exact) mass is 296 g/mol. The van der Waals surface area contributed by atoms with E-state index in [2.05, 4.69) is 10.1 Å². The molecule has 0 saturated carbocycles. The molecular weight excluding hydrogens is 270 g/mol. The second kappa shape index (κ2) is 8.67. The van der Waals surface area contributed by atoms with Crippen LogP contribution >= 0.6 is 0 Å². The molecular formula is C15H26N3O3+. The molecule has 21 heavy (non-hydrogen) atoms. The molecule has 2 rings (SSSR count). The molecule has 6 heteroatoms. The molecule has 0 spiro atoms. The quantitative estimate of drug-likeness (QED) is 0.202. The molecule has 0 bridgehead atoms. The van der Waals surface area contributed by atoms with Crippen molar-refractivity contribution in [2.24, 2.45) is 5.16 Å². The molecule has 2 aliphatic rings. The zero-order valence-corrected chi connectivity index (χ0v) is 12.8. The maximum Gasteiger partial charge on any atom is 0.263 e. The predicted molar refractivity (Wildman–Crippen MR) is 81.0 cm³/mol. The van der Waals surface area contributed by atoms with Crippen LogP contribution in [-0.2, 0) is 9.57 Å². The van der Waals surface area contributed by atoms with Crippen LogP contribution in [-0.4, -0.2) is 66.9 Å². The average molecular weight is 296 g/mol. The summed E-state index contributed by atoms with van der Waals surface area (Å²) in [6, 6.07) is 0. The molecule has 0 atom stereocenters. The summed E-state index contributed by atoms with van der Waals surface area (Å²) < 4.78 is 6.35. The van der Waals surface area contributed by atoms with Crippen molar-refractivity contribution in [3.05, 3.63) is 11.6 Å². The van der Waals surface area contributed by atoms with Gasteiger partial charge in [-0.3, -0.25) is 5.21 Å². The summed E-state index contributed by atoms with van der Waals surface area (Å²) in [5.41, 5.74) is 0.752. The highest BCUT2D eigenvalue weighted by Crippen LogP contribution is 2.09. The number of hydrogen-bond acceptors (Lipinski definition) is 5. The molecule has 1 fully saturated rings. The summed E-state index contributed by atoms with van der Waals surface area (Å²) in [6.07, 6.45) is 9.30. The Morgan fingerprint density at radius 2 is 2.19 bits per heavy atom. The second-order valence-corrected chi connectivity index (χ2v) is 5.43. The minimum Gasteiger partial charge on any atom is -0.478 e. The number of rotatable bonds is 6. The number of methoxy groups -OCH3 is 1. The Bertz CT molecular complexity index is 412. The van der Waals surface area contributed by atoms with Crippen molar-refractivity contribution < 1.29 is 19.5 Å². The SMILES string of the molecule is CO/C(=N\OCCCN1CCCCC1)C1=CCC[N+](O)=C1. The lowest BCUT2D eigenvalue weighted by Gasteiger charge is -2.25. The van der Waals surface area contributed by atoms with E-state index in [4.69, 9.17) is 9.57 Å². The fourth-order valence-corrected chi connectivity index (χ4v) is 2.62. The van der Waals surface area contributed by atoms with Gasteiger partial charge in [0.2, 0.25) is 6.21 Å². The molecule has 1 saturated heterocycles. The lowest BCUT2D eigenvalue weighted by Crippen LogP contribution is -2.31. The van der Waals surface area contributed by atoms with Crippen molar-refractivity contribution in [1.29, 1.82) is 0 Å². The third-order valence-corrected chi connectivity index (χ3v) is 3.76. The molecule has 0 amide bonds. The first-order valence-electron chi connectivity index (χ1n) is 7.77. The van der Waals surface area contributed by atoms with Gasteiger partial charge in [0.05, 0.1) is 7.11 Å². The minimum absolute atomic E-state index is 0.409. The number of likely N-dealkylation sites (tertiary alicyclic amines) is 1. The summed E-state index contributed by atoms with van der Waals surface area (Å²) >= 11 is 0. The summed E-state index contributed by atoms with van der Waals surface area (Å²) in [6.45, 7) is 4.66. The van der Waals surface area contributed by atoms with Crippen LogP contribution in [0.25, 0.3) is 0 Å². The normalized spacial score (nSPS) is 20.7. The van der Waals surface area contributed by atoms with Crippen LogP contribution in [0.4, 0.5) is 0 Å². The van der Waals surface area contributed by atoms with Gasteiger partial charge in [0, 0.05) is 13.0 Å². The van der Waals surface area contributed by atoms with E-state index in [0.717, 1.165) is 29.7 Å². The molecule has 2 heterocycles. The van der Waals surface area contributed by atoms with E-state index in [1.54, 1.807) is 13.3 Å². The summed E-state index contributed by atoms with van der Waals surface area (Å²) in [5, 5.41) is 13.5. The maximum absolute atomic E-state index is 9.46. The molecule has 0 aromatic heterocycles. The first-order valence-corrected chi connectivity index (χ1v) is 7.77. The fraction of sp³-hybridized carbons (Fsp3) is 0.733. The van der Waals surface area contributed by atoms with Crippen LogP contribution in [0.15, 0.2) is 16.8 Å². The first kappa shape index (κ1) is 15.8. The molecule has 0 aliphatic carbocycles. The lowest BCUT2D eigenvalue weighted by atomic mass is 10.1. The van der Waals surface area contributed by atoms with Gasteiger partial charge in [-0.15, -0.1) is 0 Å². The van der Waals surface area contributed by atoms with Crippen LogP contribution in [0.5, 0.6) is 0 Å². The number of ether oxygens (including phenoxy) is 1. The Labute approximate surface area is 126 Å². The van der Waals surface area contributed by atoms with Crippen molar-refractivity contribution in [2.45, 2.75) is 32.1 Å². The second-order valence-electron chi connectivity index (χ2n) is 5.43. The van der Waals surface area contributed by atoms with Gasteiger partial charge in [-0.2, -0.15) is 0 Å². The highest BCUT2D eigenvalue weighted by Gasteiger charge is 2.17. The smallest absolute Gasteiger partial charge is 0.263 e. The third kappa shape index (κ3) is 5.38. The van der Waals surface area contributed by atoms with E-state index in [1.165, 1.54) is 32.4 Å². The van der Waals surface area contributed by atoms with E-state index < -0.39 is 0 Å². The van der Waals surface area contributed by atoms with Crippen molar-refractivity contribution in [3.8, 4) is 0 Å². The predicted octanol–water partition coefficient (Wildman–Crippen LogP) is 1.64. The molecule has 1 N–H and O–H groups in total. The number of piperidine rings is 1. The topological polar surface area (TPSA) is 57.3 Å². The Balaban J connectivity index is 1.70. The van der Waals surface area contributed by atoms with Crippen molar-refractivity contribution >= 4 is 12.1 Å². The molecule has 0 aromatic carbocycles. The van der Waals surface area contributed by atoms with E-state index in [-0.39, 0.29) is 0 Å². The lowest BCUT2D eigenvalue weighted by molar-refractivity contribution is -0.771. The third-order valence-electron chi connectivity index (χ3n) is 3.76. The summed E-state index contributed by atoms with van der Waals surface area (Å²) in [4.78, 5) is 7.82. The Morgan fingerprint density at radius 3 is 2.90 bits per heavy atom. The standard InChI is InChI=1S/C15H26N3O3/c1-20-15(14-7-5-11-18(19)13-14)16-21-12-6-10-17-8-3-2-4-9-17/h7,13,19H,2-6,8-12H2,1H3/q+1/b16-15-. The molecule has 2 aliphatic heterocycles. The summed E-state index contributed by atoms with van der Waals surface area (Å²) in [5.74, 6) is 0.409. The Hall–Kier alpha value is -1.56. The maximum atomic E-state index is 9.46. The largest absolute Gasteiger partial charge is 0.478 e. The van der Waals surface area contributed by atoms with Crippen LogP contribution in [0.2, 0.25) is 0 Å². The van der Waals surface area contributed by atoms with Crippen LogP contribution in [0.3, 0.4) is 0 Å². The van der Waals surface area contributed by atoms with Gasteiger partial charge in [-0.05, 0) is 42.2 Å². The zero-order chi connectivity index (χ0) is 14.9. The van der Waals surface area contributed by atoms with Crippen molar-refractivity contribution in [3.63, 3.8) is 0 Å². The van der Waals surface area contributed by atoms with Gasteiger partial charge < -0.3 is 14.5 Å². The molecule has 0 unspecified atom stereocenters. The molecule has 0 aromatic rings. The average Bonchev–Trinajstić information content (AvgIpc) is 2.52. The van der Waals surface area contributed by atoms with Crippen LogP contribution in [0.1, 0.15) is 32.1 Å². The van der Waals surface area contributed by atoms with E-state index in [1.807, 2.05) is 6.08 Å². The van der Waals surface area contributed by atoms with Gasteiger partial charge in [0.25, 0.3) is 5.90 Å². The molecule has 118 valence electrons. The number of hydrogen-bond donors (Lipinski definition) is 1. The Morgan fingerprint density at radius 1 is 1.38 bits per heavy atom. The zero-order valence-electron chi connectivity index (χ0n) is 12.8. The van der Waals surface area contributed by atoms with E-state index in [9.17, 15) is 5.21 Å². The van der Waals surface area contributed by atoms with Gasteiger partial charge in [0.1, 0.15) is 12.2 Å². The van der Waals surface area contributed by atoms with Crippen LogP contribution < -0.4 is 0 Å². The fourth-order valence-electron chi connectivity index (χ4n) is 2.62. The van der Waals surface area contributed by atoms with E-state index in [0.29, 0.717) is 19.0 Å². The summed E-state index contributed by atoms with van der Waals surface area (Å²) in [7, 11) is 1.56. The Kier molecular flexibility index (Phi) is 6.53. The van der Waals surface area contributed by atoms with Gasteiger partial charge in [-0.1, -0.05) is 12.5 Å². The van der Waals surface area contributed by atoms with Gasteiger partial charge in [0.15, 0.2) is 6.54 Å². The minimum atomic E-state index is 0.409. The van der Waals surface area contributed by atoms with E-state index >= 15 is 0 Å². The van der Waals surface area contributed by atoms with Gasteiger partial charge >= 0.3 is 0 Å². The highest BCUT2D eigenvalue weighted by molar-refractivity contribution is 6.10. The van der Waals surface area contributed by atoms with Gasteiger partial charge in [-0.25, -0.2) is 0 Å². The highest BCUT2D eigenvalue weighted by atomic mass is 16.6. The number of nitrogens with zero attached hydrogens (tertiary/aromatic N) is 3. The molecule has 6 nitrogen and oxygen atoms in total.